The molecule has 1 aromatic carbocycles. The number of hydrogen-bond acceptors (Lipinski definition) is 5. The highest BCUT2D eigenvalue weighted by atomic mass is 16.6. The summed E-state index contributed by atoms with van der Waals surface area (Å²) >= 11 is 0. The molecule has 132 valence electrons. The first kappa shape index (κ1) is 17.4. The molecule has 0 aliphatic carbocycles. The molecule has 0 spiro atoms. The number of rotatable bonds is 5. The third-order valence-corrected chi connectivity index (χ3v) is 4.79. The van der Waals surface area contributed by atoms with Crippen molar-refractivity contribution in [2.75, 3.05) is 11.4 Å². The molecule has 1 N–H and O–H groups in total. The second-order valence-corrected chi connectivity index (χ2v) is 6.49. The summed E-state index contributed by atoms with van der Waals surface area (Å²) in [5.74, 6) is 0.748. The average Bonchev–Trinajstić information content (AvgIpc) is 2.88. The summed E-state index contributed by atoms with van der Waals surface area (Å²) in [5.41, 5.74) is 0.919. The first-order chi connectivity index (χ1) is 12.1. The molecule has 0 amide bonds. The van der Waals surface area contributed by atoms with E-state index in [2.05, 4.69) is 9.88 Å². The molecule has 25 heavy (non-hydrogen) atoms. The summed E-state index contributed by atoms with van der Waals surface area (Å²) in [6.45, 7) is 0.858. The van der Waals surface area contributed by atoms with Crippen LogP contribution in [0.4, 0.5) is 11.5 Å². The maximum Gasteiger partial charge on any atom is 0.287 e. The lowest BCUT2D eigenvalue weighted by atomic mass is 9.98. The molecule has 6 nitrogen and oxygen atoms in total. The van der Waals surface area contributed by atoms with Crippen LogP contribution in [-0.2, 0) is 0 Å². The topological polar surface area (TPSA) is 79.5 Å². The summed E-state index contributed by atoms with van der Waals surface area (Å²) in [7, 11) is 0. The molecular weight excluding hydrogens is 318 g/mol. The van der Waals surface area contributed by atoms with E-state index < -0.39 is 11.0 Å². The Bertz CT molecular complexity index is 691. The molecule has 0 radical (unpaired) electrons. The van der Waals surface area contributed by atoms with Crippen LogP contribution in [0.5, 0.6) is 0 Å². The van der Waals surface area contributed by atoms with Crippen LogP contribution in [0, 0.1) is 10.1 Å². The van der Waals surface area contributed by atoms with E-state index in [1.54, 1.807) is 6.07 Å². The fraction of sp³-hybridized carbons (Fsp3) is 0.421. The van der Waals surface area contributed by atoms with Gasteiger partial charge >= 0.3 is 0 Å². The lowest BCUT2D eigenvalue weighted by Crippen LogP contribution is -2.36. The van der Waals surface area contributed by atoms with Gasteiger partial charge in [-0.05, 0) is 30.9 Å². The first-order valence-electron chi connectivity index (χ1n) is 8.75. The van der Waals surface area contributed by atoms with Gasteiger partial charge in [0, 0.05) is 18.7 Å². The second-order valence-electron chi connectivity index (χ2n) is 6.49. The molecule has 1 saturated heterocycles. The molecule has 3 rings (SSSR count). The van der Waals surface area contributed by atoms with Crippen molar-refractivity contribution in [1.82, 2.24) is 4.98 Å². The summed E-state index contributed by atoms with van der Waals surface area (Å²) in [4.78, 5) is 16.9. The van der Waals surface area contributed by atoms with E-state index in [9.17, 15) is 15.2 Å². The van der Waals surface area contributed by atoms with Crippen LogP contribution in [-0.4, -0.2) is 27.6 Å². The van der Waals surface area contributed by atoms with Crippen LogP contribution < -0.4 is 4.90 Å². The van der Waals surface area contributed by atoms with Gasteiger partial charge in [-0.15, -0.1) is 0 Å². The normalized spacial score (nSPS) is 19.2. The molecule has 0 bridgehead atoms. The van der Waals surface area contributed by atoms with Gasteiger partial charge in [0.1, 0.15) is 12.0 Å². The minimum Gasteiger partial charge on any atom is -0.388 e. The minimum absolute atomic E-state index is 0.000516. The highest BCUT2D eigenvalue weighted by molar-refractivity contribution is 5.44. The zero-order valence-electron chi connectivity index (χ0n) is 14.1. The smallest absolute Gasteiger partial charge is 0.287 e. The Labute approximate surface area is 147 Å². The van der Waals surface area contributed by atoms with Gasteiger partial charge in [-0.2, -0.15) is 0 Å². The summed E-state index contributed by atoms with van der Waals surface area (Å²) in [6, 6.07) is 13.1. The quantitative estimate of drug-likeness (QED) is 0.660. The second kappa shape index (κ2) is 8.07. The molecule has 2 atom stereocenters. The first-order valence-corrected chi connectivity index (χ1v) is 8.75. The highest BCUT2D eigenvalue weighted by Gasteiger charge is 2.25. The molecule has 1 fully saturated rings. The molecule has 6 heteroatoms. The molecule has 0 unspecified atom stereocenters. The van der Waals surface area contributed by atoms with E-state index >= 15 is 0 Å². The van der Waals surface area contributed by atoms with Crippen LogP contribution >= 0.6 is 0 Å². The van der Waals surface area contributed by atoms with Crippen molar-refractivity contribution < 1.29 is 10.0 Å². The van der Waals surface area contributed by atoms with E-state index in [4.69, 9.17) is 0 Å². The van der Waals surface area contributed by atoms with Gasteiger partial charge in [-0.3, -0.25) is 10.1 Å². The third-order valence-electron chi connectivity index (χ3n) is 4.79. The Morgan fingerprint density at radius 2 is 2.00 bits per heavy atom. The largest absolute Gasteiger partial charge is 0.388 e. The SMILES string of the molecule is O=[N+]([O-])c1ccc(N2CCCCC[C@H]2C[C@H](O)c2ccccc2)nc1. The van der Waals surface area contributed by atoms with Gasteiger partial charge in [-0.25, -0.2) is 4.98 Å². The van der Waals surface area contributed by atoms with E-state index in [1.807, 2.05) is 30.3 Å². The monoisotopic (exact) mass is 341 g/mol. The van der Waals surface area contributed by atoms with Crippen molar-refractivity contribution in [1.29, 1.82) is 0 Å². The van der Waals surface area contributed by atoms with Gasteiger partial charge in [0.25, 0.3) is 5.69 Å². The van der Waals surface area contributed by atoms with Crippen LogP contribution in [0.1, 0.15) is 43.8 Å². The lowest BCUT2D eigenvalue weighted by Gasteiger charge is -2.32. The van der Waals surface area contributed by atoms with Crippen molar-refractivity contribution in [2.24, 2.45) is 0 Å². The van der Waals surface area contributed by atoms with Gasteiger partial charge in [0.15, 0.2) is 0 Å². The number of nitrogens with zero attached hydrogens (tertiary/aromatic N) is 3. The molecule has 1 aliphatic heterocycles. The van der Waals surface area contributed by atoms with E-state index in [0.717, 1.165) is 43.6 Å². The average molecular weight is 341 g/mol. The minimum atomic E-state index is -0.523. The Kier molecular flexibility index (Phi) is 5.60. The van der Waals surface area contributed by atoms with Gasteiger partial charge in [-0.1, -0.05) is 43.2 Å². The number of hydrogen-bond donors (Lipinski definition) is 1. The van der Waals surface area contributed by atoms with Crippen molar-refractivity contribution in [2.45, 2.75) is 44.2 Å². The Morgan fingerprint density at radius 3 is 2.68 bits per heavy atom. The standard InChI is InChI=1S/C19H23N3O3/c23-18(15-7-3-1-4-8-15)13-16-9-5-2-6-12-21(16)19-11-10-17(14-20-19)22(24)25/h1,3-4,7-8,10-11,14,16,18,23H,2,5-6,9,12-13H2/t16-,18-/m0/s1. The van der Waals surface area contributed by atoms with Gasteiger partial charge < -0.3 is 10.0 Å². The summed E-state index contributed by atoms with van der Waals surface area (Å²) < 4.78 is 0. The summed E-state index contributed by atoms with van der Waals surface area (Å²) in [6.07, 6.45) is 5.74. The number of aliphatic hydroxyl groups excluding tert-OH is 1. The maximum atomic E-state index is 10.8. The zero-order chi connectivity index (χ0) is 17.6. The predicted molar refractivity (Wildman–Crippen MR) is 96.5 cm³/mol. The molecule has 1 aliphatic rings. The van der Waals surface area contributed by atoms with Crippen molar-refractivity contribution in [3.63, 3.8) is 0 Å². The summed E-state index contributed by atoms with van der Waals surface area (Å²) in [5, 5.41) is 21.4. The fourth-order valence-corrected chi connectivity index (χ4v) is 3.45. The number of aliphatic hydroxyl groups is 1. The fourth-order valence-electron chi connectivity index (χ4n) is 3.45. The lowest BCUT2D eigenvalue weighted by molar-refractivity contribution is -0.385. The van der Waals surface area contributed by atoms with Crippen molar-refractivity contribution >= 4 is 11.5 Å². The molecule has 1 aromatic heterocycles. The number of anilines is 1. The number of pyridine rings is 1. The van der Waals surface area contributed by atoms with Crippen molar-refractivity contribution in [3.05, 3.63) is 64.3 Å². The van der Waals surface area contributed by atoms with Crippen LogP contribution in [0.25, 0.3) is 0 Å². The zero-order valence-corrected chi connectivity index (χ0v) is 14.1. The third kappa shape index (κ3) is 4.33. The molecular formula is C19H23N3O3. The van der Waals surface area contributed by atoms with Crippen LogP contribution in [0.3, 0.4) is 0 Å². The molecule has 0 saturated carbocycles. The van der Waals surface area contributed by atoms with Crippen molar-refractivity contribution in [3.8, 4) is 0 Å². The highest BCUT2D eigenvalue weighted by Crippen LogP contribution is 2.29. The molecule has 2 heterocycles. The van der Waals surface area contributed by atoms with E-state index in [-0.39, 0.29) is 11.7 Å². The van der Waals surface area contributed by atoms with Gasteiger partial charge in [0.05, 0.1) is 11.0 Å². The van der Waals surface area contributed by atoms with E-state index in [1.165, 1.54) is 12.3 Å². The Morgan fingerprint density at radius 1 is 1.20 bits per heavy atom. The Hall–Kier alpha value is -2.47. The number of aromatic nitrogens is 1. The Balaban J connectivity index is 1.78. The van der Waals surface area contributed by atoms with Crippen LogP contribution in [0.2, 0.25) is 0 Å². The predicted octanol–water partition coefficient (Wildman–Crippen LogP) is 3.86. The number of nitro groups is 1. The maximum absolute atomic E-state index is 10.8. The molecule has 2 aromatic rings. The van der Waals surface area contributed by atoms with Gasteiger partial charge in [0.2, 0.25) is 0 Å². The van der Waals surface area contributed by atoms with E-state index in [0.29, 0.717) is 6.42 Å². The van der Waals surface area contributed by atoms with Crippen LogP contribution in [0.15, 0.2) is 48.7 Å². The number of benzene rings is 1.